The quantitative estimate of drug-likeness (QED) is 0.0347. The van der Waals surface area contributed by atoms with Gasteiger partial charge >= 0.3 is 11.9 Å². The standard InChI is InChI=1S/C55H94O5/c1-4-7-10-13-16-19-22-25-26-27-28-29-32-35-38-41-44-47-50-58-51-53(60-55(57)49-46-43-40-37-34-31-24-21-18-15-12-9-6-3)52-59-54(56)48-45-42-39-36-33-30-23-20-17-14-11-8-5-2/h7-8,10-11,16-17,19-21,24-26,30,33,53H,4-6,9,12-15,18,22-23,27-29,31-32,34-52H2,1-3H3/b10-7-,11-8-,19-16-,20-17-,24-21-,26-25-,33-30-. The third-order valence-electron chi connectivity index (χ3n) is 10.4. The topological polar surface area (TPSA) is 61.8 Å². The smallest absolute Gasteiger partial charge is 0.306 e. The van der Waals surface area contributed by atoms with E-state index in [-0.39, 0.29) is 25.2 Å². The van der Waals surface area contributed by atoms with Crippen LogP contribution in [0, 0.1) is 0 Å². The lowest BCUT2D eigenvalue weighted by Crippen LogP contribution is -2.30. The number of carbonyl (C=O) groups is 2. The van der Waals surface area contributed by atoms with Gasteiger partial charge in [-0.25, -0.2) is 0 Å². The van der Waals surface area contributed by atoms with Crippen LogP contribution in [-0.4, -0.2) is 37.9 Å². The summed E-state index contributed by atoms with van der Waals surface area (Å²) >= 11 is 0. The van der Waals surface area contributed by atoms with E-state index in [0.717, 1.165) is 103 Å². The molecular formula is C55H94O5. The Morgan fingerprint density at radius 3 is 1.23 bits per heavy atom. The van der Waals surface area contributed by atoms with Gasteiger partial charge in [-0.05, 0) is 109 Å². The molecule has 344 valence electrons. The van der Waals surface area contributed by atoms with E-state index < -0.39 is 6.10 Å². The van der Waals surface area contributed by atoms with Gasteiger partial charge in [0.2, 0.25) is 0 Å². The van der Waals surface area contributed by atoms with E-state index in [2.05, 4.69) is 106 Å². The summed E-state index contributed by atoms with van der Waals surface area (Å²) < 4.78 is 17.3. The van der Waals surface area contributed by atoms with E-state index in [4.69, 9.17) is 14.2 Å². The Morgan fingerprint density at radius 2 is 0.750 bits per heavy atom. The van der Waals surface area contributed by atoms with Crippen molar-refractivity contribution < 1.29 is 23.8 Å². The summed E-state index contributed by atoms with van der Waals surface area (Å²) in [5, 5.41) is 0. The van der Waals surface area contributed by atoms with Crippen molar-refractivity contribution >= 4 is 11.9 Å². The fourth-order valence-electron chi connectivity index (χ4n) is 6.71. The summed E-state index contributed by atoms with van der Waals surface area (Å²) in [7, 11) is 0. The molecule has 0 saturated carbocycles. The summed E-state index contributed by atoms with van der Waals surface area (Å²) in [6, 6.07) is 0. The van der Waals surface area contributed by atoms with Gasteiger partial charge in [-0.15, -0.1) is 0 Å². The van der Waals surface area contributed by atoms with Crippen LogP contribution in [0.4, 0.5) is 0 Å². The SMILES string of the molecule is CC/C=C\C/C=C\C/C=C\CCCCCCCCCCOCC(COC(=O)CCCCC/C=C\C/C=C\C/C=C\CC)OC(=O)CCCCCCC/C=C\CCCCCC. The van der Waals surface area contributed by atoms with Gasteiger partial charge in [0.1, 0.15) is 6.61 Å². The number of hydrogen-bond acceptors (Lipinski definition) is 5. The molecule has 0 spiro atoms. The molecule has 0 rings (SSSR count). The Morgan fingerprint density at radius 1 is 0.383 bits per heavy atom. The third kappa shape index (κ3) is 47.8. The molecule has 0 saturated heterocycles. The van der Waals surface area contributed by atoms with E-state index in [0.29, 0.717) is 19.4 Å². The lowest BCUT2D eigenvalue weighted by Gasteiger charge is -2.18. The lowest BCUT2D eigenvalue weighted by atomic mass is 10.1. The molecular weight excluding hydrogens is 741 g/mol. The van der Waals surface area contributed by atoms with Crippen molar-refractivity contribution in [3.8, 4) is 0 Å². The summed E-state index contributed by atoms with van der Waals surface area (Å²) in [5.41, 5.74) is 0. The number of rotatable bonds is 45. The van der Waals surface area contributed by atoms with Gasteiger partial charge in [-0.1, -0.05) is 189 Å². The summed E-state index contributed by atoms with van der Waals surface area (Å²) in [5.74, 6) is -0.447. The fourth-order valence-corrected chi connectivity index (χ4v) is 6.71. The zero-order chi connectivity index (χ0) is 43.5. The van der Waals surface area contributed by atoms with Crippen LogP contribution in [0.25, 0.3) is 0 Å². The minimum absolute atomic E-state index is 0.0605. The molecule has 60 heavy (non-hydrogen) atoms. The van der Waals surface area contributed by atoms with Gasteiger partial charge < -0.3 is 14.2 Å². The van der Waals surface area contributed by atoms with Crippen LogP contribution in [0.15, 0.2) is 85.1 Å². The molecule has 1 unspecified atom stereocenters. The zero-order valence-corrected chi connectivity index (χ0v) is 39.5. The molecule has 0 aliphatic rings. The number of hydrogen-bond donors (Lipinski definition) is 0. The highest BCUT2D eigenvalue weighted by molar-refractivity contribution is 5.70. The van der Waals surface area contributed by atoms with Gasteiger partial charge in [-0.2, -0.15) is 0 Å². The highest BCUT2D eigenvalue weighted by Gasteiger charge is 2.17. The minimum atomic E-state index is -0.559. The van der Waals surface area contributed by atoms with Crippen molar-refractivity contribution in [1.29, 1.82) is 0 Å². The molecule has 0 amide bonds. The molecule has 0 aromatic heterocycles. The first-order valence-electron chi connectivity index (χ1n) is 25.1. The summed E-state index contributed by atoms with van der Waals surface area (Å²) in [6.45, 7) is 7.53. The molecule has 0 aliphatic carbocycles. The summed E-state index contributed by atoms with van der Waals surface area (Å²) in [6.07, 6.45) is 65.9. The molecule has 0 fully saturated rings. The van der Waals surface area contributed by atoms with Gasteiger partial charge in [-0.3, -0.25) is 9.59 Å². The monoisotopic (exact) mass is 835 g/mol. The first-order valence-corrected chi connectivity index (χ1v) is 25.1. The van der Waals surface area contributed by atoms with Crippen molar-refractivity contribution in [2.45, 2.75) is 232 Å². The number of unbranched alkanes of at least 4 members (excludes halogenated alkanes) is 20. The Labute approximate surface area is 371 Å². The molecule has 0 aromatic rings. The van der Waals surface area contributed by atoms with Crippen LogP contribution in [0.1, 0.15) is 226 Å². The molecule has 0 heterocycles. The summed E-state index contributed by atoms with van der Waals surface area (Å²) in [4.78, 5) is 25.3. The van der Waals surface area contributed by atoms with Crippen LogP contribution < -0.4 is 0 Å². The Bertz CT molecular complexity index is 1130. The highest BCUT2D eigenvalue weighted by atomic mass is 16.6. The van der Waals surface area contributed by atoms with Crippen molar-refractivity contribution in [1.82, 2.24) is 0 Å². The second-order valence-corrected chi connectivity index (χ2v) is 16.3. The Kier molecular flexibility index (Phi) is 48.0. The van der Waals surface area contributed by atoms with Crippen molar-refractivity contribution in [3.05, 3.63) is 85.1 Å². The van der Waals surface area contributed by atoms with Crippen molar-refractivity contribution in [2.24, 2.45) is 0 Å². The predicted molar refractivity (Wildman–Crippen MR) is 260 cm³/mol. The molecule has 0 bridgehead atoms. The Hall–Kier alpha value is -2.92. The number of ether oxygens (including phenoxy) is 3. The second-order valence-electron chi connectivity index (χ2n) is 16.3. The average Bonchev–Trinajstić information content (AvgIpc) is 3.25. The van der Waals surface area contributed by atoms with Gasteiger partial charge in [0.05, 0.1) is 6.61 Å². The fraction of sp³-hybridized carbons (Fsp3) is 0.709. The van der Waals surface area contributed by atoms with Crippen molar-refractivity contribution in [2.75, 3.05) is 19.8 Å². The molecule has 1 atom stereocenters. The maximum Gasteiger partial charge on any atom is 0.306 e. The first kappa shape index (κ1) is 57.1. The van der Waals surface area contributed by atoms with E-state index in [1.807, 2.05) is 0 Å². The van der Waals surface area contributed by atoms with Gasteiger partial charge in [0.15, 0.2) is 6.10 Å². The van der Waals surface area contributed by atoms with Crippen LogP contribution >= 0.6 is 0 Å². The van der Waals surface area contributed by atoms with Crippen LogP contribution in [-0.2, 0) is 23.8 Å². The maximum absolute atomic E-state index is 12.8. The maximum atomic E-state index is 12.8. The van der Waals surface area contributed by atoms with Crippen molar-refractivity contribution in [3.63, 3.8) is 0 Å². The number of allylic oxidation sites excluding steroid dienone is 14. The van der Waals surface area contributed by atoms with Crippen LogP contribution in [0.3, 0.4) is 0 Å². The molecule has 0 radical (unpaired) electrons. The highest BCUT2D eigenvalue weighted by Crippen LogP contribution is 2.13. The molecule has 5 nitrogen and oxygen atoms in total. The Balaban J connectivity index is 4.32. The molecule has 0 N–H and O–H groups in total. The predicted octanol–water partition coefficient (Wildman–Crippen LogP) is 16.9. The van der Waals surface area contributed by atoms with E-state index >= 15 is 0 Å². The largest absolute Gasteiger partial charge is 0.462 e. The van der Waals surface area contributed by atoms with Gasteiger partial charge in [0, 0.05) is 19.4 Å². The van der Waals surface area contributed by atoms with E-state index in [1.54, 1.807) is 0 Å². The van der Waals surface area contributed by atoms with Crippen LogP contribution in [0.2, 0.25) is 0 Å². The van der Waals surface area contributed by atoms with Gasteiger partial charge in [0.25, 0.3) is 0 Å². The lowest BCUT2D eigenvalue weighted by molar-refractivity contribution is -0.163. The minimum Gasteiger partial charge on any atom is -0.462 e. The van der Waals surface area contributed by atoms with E-state index in [9.17, 15) is 9.59 Å². The average molecular weight is 835 g/mol. The number of esters is 2. The zero-order valence-electron chi connectivity index (χ0n) is 39.5. The first-order chi connectivity index (χ1) is 29.6. The van der Waals surface area contributed by atoms with E-state index in [1.165, 1.54) is 89.9 Å². The number of carbonyl (C=O) groups excluding carboxylic acids is 2. The second kappa shape index (κ2) is 50.4. The third-order valence-corrected chi connectivity index (χ3v) is 10.4. The molecule has 5 heteroatoms. The van der Waals surface area contributed by atoms with Crippen LogP contribution in [0.5, 0.6) is 0 Å². The molecule has 0 aromatic carbocycles. The normalized spacial score (nSPS) is 12.9. The molecule has 0 aliphatic heterocycles.